The Morgan fingerprint density at radius 1 is 0.345 bits per heavy atom. The van der Waals surface area contributed by atoms with Gasteiger partial charge in [0.2, 0.25) is 0 Å². The average Bonchev–Trinajstić information content (AvgIpc) is 3.89. The average molecular weight is 700 g/mol. The first-order valence-electron chi connectivity index (χ1n) is 18.3. The minimum absolute atomic E-state index is 0.596. The molecule has 0 atom stereocenters. The molecule has 0 amide bonds. The van der Waals surface area contributed by atoms with Crippen molar-refractivity contribution in [3.05, 3.63) is 187 Å². The first kappa shape index (κ1) is 30.7. The topological polar surface area (TPSA) is 62.4 Å². The van der Waals surface area contributed by atoms with Gasteiger partial charge in [-0.05, 0) is 84.4 Å². The van der Waals surface area contributed by atoms with Crippen LogP contribution in [0.15, 0.2) is 176 Å². The first-order chi connectivity index (χ1) is 27.2. The number of fused-ring (bicyclic) bond motifs is 9. The molecule has 0 N–H and O–H groups in total. The Balaban J connectivity index is 1.15. The van der Waals surface area contributed by atoms with Crippen LogP contribution in [0.5, 0.6) is 0 Å². The van der Waals surface area contributed by atoms with Crippen LogP contribution in [0.3, 0.4) is 0 Å². The molecule has 0 aliphatic carbocycles. The number of benzene rings is 8. The second-order valence-electron chi connectivity index (χ2n) is 14.0. The zero-order chi connectivity index (χ0) is 36.6. The van der Waals surface area contributed by atoms with Gasteiger partial charge in [-0.25, -0.2) is 0 Å². The third-order valence-corrected chi connectivity index (χ3v) is 11.1. The van der Waals surface area contributed by atoms with Crippen LogP contribution in [0.4, 0.5) is 0 Å². The second-order valence-corrected chi connectivity index (χ2v) is 14.0. The number of rotatable bonds is 4. The molecule has 3 heterocycles. The summed E-state index contributed by atoms with van der Waals surface area (Å²) in [4.78, 5) is 0. The highest BCUT2D eigenvalue weighted by Gasteiger charge is 2.22. The summed E-state index contributed by atoms with van der Waals surface area (Å²) in [6.07, 6.45) is 0. The number of hydrogen-bond donors (Lipinski definition) is 0. The van der Waals surface area contributed by atoms with Crippen LogP contribution in [0.1, 0.15) is 11.1 Å². The van der Waals surface area contributed by atoms with Crippen molar-refractivity contribution in [1.82, 2.24) is 13.7 Å². The molecule has 8 aromatic carbocycles. The van der Waals surface area contributed by atoms with E-state index >= 15 is 0 Å². The molecule has 0 radical (unpaired) electrons. The van der Waals surface area contributed by atoms with Gasteiger partial charge in [-0.3, -0.25) is 0 Å². The fraction of sp³-hybridized carbons (Fsp3) is 0. The molecule has 0 fully saturated rings. The molecule has 0 saturated carbocycles. The second kappa shape index (κ2) is 11.8. The Morgan fingerprint density at radius 3 is 1.49 bits per heavy atom. The summed E-state index contributed by atoms with van der Waals surface area (Å²) in [6, 6.07) is 66.0. The van der Waals surface area contributed by atoms with Crippen molar-refractivity contribution in [3.63, 3.8) is 0 Å². The molecule has 3 aromatic heterocycles. The molecule has 0 aliphatic heterocycles. The molecular formula is C50H29N5. The third kappa shape index (κ3) is 4.45. The van der Waals surface area contributed by atoms with Crippen molar-refractivity contribution in [1.29, 1.82) is 10.5 Å². The van der Waals surface area contributed by atoms with Gasteiger partial charge in [0.05, 0.1) is 67.7 Å². The molecule has 0 spiro atoms. The van der Waals surface area contributed by atoms with Crippen LogP contribution in [0.25, 0.3) is 93.6 Å². The van der Waals surface area contributed by atoms with Crippen LogP contribution in [0.2, 0.25) is 0 Å². The summed E-state index contributed by atoms with van der Waals surface area (Å²) < 4.78 is 6.97. The predicted molar refractivity (Wildman–Crippen MR) is 224 cm³/mol. The van der Waals surface area contributed by atoms with Crippen LogP contribution in [0, 0.1) is 22.7 Å². The number of hydrogen-bond acceptors (Lipinski definition) is 2. The summed E-state index contributed by atoms with van der Waals surface area (Å²) in [5.74, 6) is 0. The van der Waals surface area contributed by atoms with Crippen LogP contribution in [-0.2, 0) is 0 Å². The van der Waals surface area contributed by atoms with Crippen LogP contribution < -0.4 is 0 Å². The summed E-state index contributed by atoms with van der Waals surface area (Å²) in [6.45, 7) is 0. The van der Waals surface area contributed by atoms with Crippen molar-refractivity contribution < 1.29 is 0 Å². The Labute approximate surface area is 316 Å². The minimum atomic E-state index is 0.596. The Hall–Kier alpha value is -7.86. The Morgan fingerprint density at radius 2 is 0.836 bits per heavy atom. The maximum atomic E-state index is 10.2. The molecule has 0 unspecified atom stereocenters. The maximum Gasteiger partial charge on any atom is 0.0992 e. The van der Waals surface area contributed by atoms with Gasteiger partial charge >= 0.3 is 0 Å². The highest BCUT2D eigenvalue weighted by atomic mass is 15.0. The number of nitrogens with zero attached hydrogens (tertiary/aromatic N) is 5. The van der Waals surface area contributed by atoms with E-state index < -0.39 is 0 Å². The van der Waals surface area contributed by atoms with E-state index in [4.69, 9.17) is 0 Å². The van der Waals surface area contributed by atoms with E-state index in [1.807, 2.05) is 24.3 Å². The number of aromatic nitrogens is 3. The summed E-state index contributed by atoms with van der Waals surface area (Å²) in [5, 5.41) is 26.8. The summed E-state index contributed by atoms with van der Waals surface area (Å²) in [5.41, 5.74) is 13.0. The number of nitriles is 2. The fourth-order valence-corrected chi connectivity index (χ4v) is 8.77. The van der Waals surface area contributed by atoms with Gasteiger partial charge in [-0.1, -0.05) is 97.1 Å². The van der Waals surface area contributed by atoms with Crippen molar-refractivity contribution in [2.75, 3.05) is 0 Å². The zero-order valence-electron chi connectivity index (χ0n) is 29.5. The maximum absolute atomic E-state index is 10.2. The lowest BCUT2D eigenvalue weighted by molar-refractivity contribution is 1.16. The van der Waals surface area contributed by atoms with E-state index in [1.165, 1.54) is 21.8 Å². The largest absolute Gasteiger partial charge is 0.309 e. The molecule has 5 nitrogen and oxygen atoms in total. The lowest BCUT2D eigenvalue weighted by Gasteiger charge is -2.16. The molecular weight excluding hydrogens is 671 g/mol. The van der Waals surface area contributed by atoms with E-state index in [0.717, 1.165) is 71.8 Å². The van der Waals surface area contributed by atoms with Gasteiger partial charge in [-0.15, -0.1) is 0 Å². The highest BCUT2D eigenvalue weighted by molar-refractivity contribution is 6.17. The van der Waals surface area contributed by atoms with Crippen LogP contribution >= 0.6 is 0 Å². The Bertz CT molecular complexity index is 3400. The lowest BCUT2D eigenvalue weighted by atomic mass is 10.0. The quantitative estimate of drug-likeness (QED) is 0.184. The smallest absolute Gasteiger partial charge is 0.0992 e. The lowest BCUT2D eigenvalue weighted by Crippen LogP contribution is -2.00. The van der Waals surface area contributed by atoms with E-state index in [1.54, 1.807) is 0 Å². The van der Waals surface area contributed by atoms with E-state index in [2.05, 4.69) is 177 Å². The van der Waals surface area contributed by atoms with Crippen molar-refractivity contribution >= 4 is 65.4 Å². The first-order valence-corrected chi connectivity index (χ1v) is 18.3. The molecule has 0 saturated heterocycles. The molecule has 11 rings (SSSR count). The predicted octanol–water partition coefficient (Wildman–Crippen LogP) is 12.4. The van der Waals surface area contributed by atoms with Gasteiger partial charge in [-0.2, -0.15) is 10.5 Å². The fourth-order valence-electron chi connectivity index (χ4n) is 8.77. The van der Waals surface area contributed by atoms with Crippen LogP contribution in [-0.4, -0.2) is 13.7 Å². The van der Waals surface area contributed by atoms with Gasteiger partial charge in [0.25, 0.3) is 0 Å². The molecule has 254 valence electrons. The Kier molecular flexibility index (Phi) is 6.61. The molecule has 0 aliphatic rings. The SMILES string of the molecule is N#Cc1ccc(-c2ccc(-n3c4ccccc4c4ccccc43)cc2)c(-n2c3ccccc3c3c(-n4c5ccccc5c5cc(C#N)ccc54)cccc32)c1. The van der Waals surface area contributed by atoms with E-state index in [0.29, 0.717) is 11.1 Å². The summed E-state index contributed by atoms with van der Waals surface area (Å²) >= 11 is 0. The standard InChI is InChI=1S/C50H29N5/c51-30-32-21-27-46-41(28-32)39-12-3-7-16-44(39)54(46)47-18-9-19-48-50(47)40-13-4-8-17-45(40)55(48)49-29-33(31-52)20-26-36(49)34-22-24-35(25-23-34)53-42-14-5-1-10-37(42)38-11-2-6-15-43(38)53/h1-29H. The molecule has 5 heteroatoms. The molecule has 55 heavy (non-hydrogen) atoms. The van der Waals surface area contributed by atoms with Crippen molar-refractivity contribution in [2.24, 2.45) is 0 Å². The van der Waals surface area contributed by atoms with Gasteiger partial charge in [0, 0.05) is 43.6 Å². The van der Waals surface area contributed by atoms with E-state index in [9.17, 15) is 10.5 Å². The van der Waals surface area contributed by atoms with Gasteiger partial charge in [0.15, 0.2) is 0 Å². The molecule has 11 aromatic rings. The van der Waals surface area contributed by atoms with Crippen molar-refractivity contribution in [2.45, 2.75) is 0 Å². The monoisotopic (exact) mass is 699 g/mol. The normalized spacial score (nSPS) is 11.6. The van der Waals surface area contributed by atoms with Gasteiger partial charge < -0.3 is 13.7 Å². The number of para-hydroxylation sites is 4. The van der Waals surface area contributed by atoms with E-state index in [-0.39, 0.29) is 0 Å². The minimum Gasteiger partial charge on any atom is -0.309 e. The van der Waals surface area contributed by atoms with Gasteiger partial charge in [0.1, 0.15) is 0 Å². The summed E-state index contributed by atoms with van der Waals surface area (Å²) in [7, 11) is 0. The molecule has 0 bridgehead atoms. The third-order valence-electron chi connectivity index (χ3n) is 11.1. The van der Waals surface area contributed by atoms with Crippen molar-refractivity contribution in [3.8, 4) is 40.3 Å². The highest BCUT2D eigenvalue weighted by Crippen LogP contribution is 2.42. The zero-order valence-corrected chi connectivity index (χ0v) is 29.5.